The second-order valence-electron chi connectivity index (χ2n) is 6.80. The van der Waals surface area contributed by atoms with E-state index < -0.39 is 0 Å². The van der Waals surface area contributed by atoms with Crippen molar-refractivity contribution >= 4 is 35.5 Å². The van der Waals surface area contributed by atoms with Crippen molar-refractivity contribution in [3.05, 3.63) is 53.1 Å². The Kier molecular flexibility index (Phi) is 7.55. The molecule has 32 heavy (non-hydrogen) atoms. The maximum Gasteiger partial charge on any atom is 0.264 e. The van der Waals surface area contributed by atoms with Gasteiger partial charge >= 0.3 is 0 Å². The zero-order valence-corrected chi connectivity index (χ0v) is 19.1. The van der Waals surface area contributed by atoms with Crippen LogP contribution in [0.5, 0.6) is 11.5 Å². The smallest absolute Gasteiger partial charge is 0.264 e. The molecule has 0 saturated heterocycles. The lowest BCUT2D eigenvalue weighted by Gasteiger charge is -2.08. The molecule has 0 saturated carbocycles. The van der Waals surface area contributed by atoms with Crippen LogP contribution in [0.3, 0.4) is 0 Å². The molecule has 1 amide bonds. The Bertz CT molecular complexity index is 1130. The lowest BCUT2D eigenvalue weighted by molar-refractivity contribution is -0.113. The van der Waals surface area contributed by atoms with Crippen LogP contribution in [0, 0.1) is 13.8 Å². The van der Waals surface area contributed by atoms with Gasteiger partial charge in [-0.15, -0.1) is 10.2 Å². The molecule has 1 aromatic heterocycles. The van der Waals surface area contributed by atoms with Gasteiger partial charge in [-0.1, -0.05) is 17.8 Å². The van der Waals surface area contributed by atoms with Gasteiger partial charge in [0.05, 0.1) is 26.2 Å². The van der Waals surface area contributed by atoms with Gasteiger partial charge in [0, 0.05) is 5.69 Å². The number of amides is 1. The largest absolute Gasteiger partial charge is 0.493 e. The summed E-state index contributed by atoms with van der Waals surface area (Å²) in [6.45, 7) is 4.02. The molecule has 0 atom stereocenters. The highest BCUT2D eigenvalue weighted by Crippen LogP contribution is 2.27. The highest BCUT2D eigenvalue weighted by Gasteiger charge is 2.12. The predicted molar refractivity (Wildman–Crippen MR) is 126 cm³/mol. The lowest BCUT2D eigenvalue weighted by atomic mass is 10.1. The van der Waals surface area contributed by atoms with Crippen molar-refractivity contribution in [2.45, 2.75) is 19.0 Å². The molecule has 3 aromatic rings. The van der Waals surface area contributed by atoms with E-state index >= 15 is 0 Å². The number of ether oxygens (including phenoxy) is 2. The third kappa shape index (κ3) is 5.70. The predicted octanol–water partition coefficient (Wildman–Crippen LogP) is 2.80. The van der Waals surface area contributed by atoms with E-state index in [0.717, 1.165) is 16.8 Å². The first-order chi connectivity index (χ1) is 15.4. The van der Waals surface area contributed by atoms with E-state index in [1.54, 1.807) is 32.6 Å². The molecular weight excluding hydrogens is 430 g/mol. The first-order valence-electron chi connectivity index (χ1n) is 9.62. The second kappa shape index (κ2) is 10.5. The number of carbonyl (C=O) groups is 1. The molecule has 0 unspecified atom stereocenters. The average Bonchev–Trinajstić information content (AvgIpc) is 3.14. The number of carbonyl (C=O) groups excluding carboxylic acids is 1. The second-order valence-corrected chi connectivity index (χ2v) is 7.74. The fourth-order valence-electron chi connectivity index (χ4n) is 2.70. The van der Waals surface area contributed by atoms with E-state index in [9.17, 15) is 4.79 Å². The number of hydrazone groups is 1. The molecule has 0 fully saturated rings. The number of anilines is 2. The monoisotopic (exact) mass is 455 g/mol. The molecular formula is C21H25N7O3S. The summed E-state index contributed by atoms with van der Waals surface area (Å²) >= 11 is 1.17. The summed E-state index contributed by atoms with van der Waals surface area (Å²) in [4.78, 5) is 12.2. The van der Waals surface area contributed by atoms with Crippen molar-refractivity contribution in [2.75, 3.05) is 36.6 Å². The van der Waals surface area contributed by atoms with Crippen molar-refractivity contribution in [3.8, 4) is 11.5 Å². The Morgan fingerprint density at radius 1 is 1.12 bits per heavy atom. The van der Waals surface area contributed by atoms with Crippen molar-refractivity contribution in [2.24, 2.45) is 5.10 Å². The molecule has 4 N–H and O–H groups in total. The molecule has 168 valence electrons. The molecule has 0 bridgehead atoms. The van der Waals surface area contributed by atoms with Gasteiger partial charge in [0.2, 0.25) is 11.1 Å². The van der Waals surface area contributed by atoms with Gasteiger partial charge in [-0.25, -0.2) is 10.1 Å². The minimum absolute atomic E-state index is 0.136. The SMILES string of the molecule is COc1ccc(/C=N/Nc2nnc(SCC(=O)Nc3ccc(C)c(C)c3)n2N)cc1OC. The third-order valence-corrected chi connectivity index (χ3v) is 5.52. The summed E-state index contributed by atoms with van der Waals surface area (Å²) in [7, 11) is 3.14. The van der Waals surface area contributed by atoms with Crippen LogP contribution < -0.4 is 26.1 Å². The Hall–Kier alpha value is -3.73. The van der Waals surface area contributed by atoms with Crippen molar-refractivity contribution in [3.63, 3.8) is 0 Å². The van der Waals surface area contributed by atoms with Crippen LogP contribution in [0.1, 0.15) is 16.7 Å². The van der Waals surface area contributed by atoms with Gasteiger partial charge < -0.3 is 20.6 Å². The number of aryl methyl sites for hydroxylation is 2. The van der Waals surface area contributed by atoms with E-state index in [1.807, 2.05) is 38.1 Å². The Morgan fingerprint density at radius 3 is 2.62 bits per heavy atom. The van der Waals surface area contributed by atoms with Crippen LogP contribution in [0.4, 0.5) is 11.6 Å². The first kappa shape index (κ1) is 22.9. The number of hydrogen-bond acceptors (Lipinski definition) is 9. The fourth-order valence-corrected chi connectivity index (χ4v) is 3.35. The molecule has 0 aliphatic carbocycles. The third-order valence-electron chi connectivity index (χ3n) is 4.57. The number of rotatable bonds is 9. The molecule has 10 nitrogen and oxygen atoms in total. The summed E-state index contributed by atoms with van der Waals surface area (Å²) < 4.78 is 11.7. The summed E-state index contributed by atoms with van der Waals surface area (Å²) in [5, 5.41) is 15.3. The standard InChI is InChI=1S/C21H25N7O3S/c1-13-5-7-16(9-14(13)2)24-19(29)12-32-21-27-26-20(28(21)22)25-23-11-15-6-8-17(30-3)18(10-15)31-4/h5-11H,12,22H2,1-4H3,(H,24,29)(H,25,26)/b23-11+. The number of methoxy groups -OCH3 is 2. The van der Waals surface area contributed by atoms with Gasteiger partial charge in [-0.3, -0.25) is 4.79 Å². The number of aromatic nitrogens is 3. The van der Waals surface area contributed by atoms with Gasteiger partial charge in [0.1, 0.15) is 0 Å². The number of thioether (sulfide) groups is 1. The normalized spacial score (nSPS) is 10.9. The van der Waals surface area contributed by atoms with Gasteiger partial charge in [-0.05, 0) is 60.9 Å². The number of nitrogens with zero attached hydrogens (tertiary/aromatic N) is 4. The molecule has 0 aliphatic heterocycles. The number of benzene rings is 2. The van der Waals surface area contributed by atoms with E-state index in [4.69, 9.17) is 15.3 Å². The summed E-state index contributed by atoms with van der Waals surface area (Å²) in [6, 6.07) is 11.2. The van der Waals surface area contributed by atoms with E-state index in [-0.39, 0.29) is 17.6 Å². The minimum atomic E-state index is -0.165. The maximum atomic E-state index is 12.2. The fraction of sp³-hybridized carbons (Fsp3) is 0.238. The highest BCUT2D eigenvalue weighted by molar-refractivity contribution is 7.99. The van der Waals surface area contributed by atoms with E-state index in [2.05, 4.69) is 26.0 Å². The van der Waals surface area contributed by atoms with E-state index in [0.29, 0.717) is 16.7 Å². The molecule has 2 aromatic carbocycles. The van der Waals surface area contributed by atoms with E-state index in [1.165, 1.54) is 22.0 Å². The van der Waals surface area contributed by atoms with Crippen LogP contribution in [0.2, 0.25) is 0 Å². The Labute approximate surface area is 190 Å². The first-order valence-corrected chi connectivity index (χ1v) is 10.6. The Balaban J connectivity index is 1.55. The van der Waals surface area contributed by atoms with Gasteiger partial charge in [-0.2, -0.15) is 5.10 Å². The number of nitrogens with one attached hydrogen (secondary N) is 2. The maximum absolute atomic E-state index is 12.2. The molecule has 0 aliphatic rings. The van der Waals surface area contributed by atoms with Gasteiger partial charge in [0.25, 0.3) is 5.95 Å². The minimum Gasteiger partial charge on any atom is -0.493 e. The molecule has 0 radical (unpaired) electrons. The number of nitrogen functional groups attached to an aromatic ring is 1. The molecule has 0 spiro atoms. The highest BCUT2D eigenvalue weighted by atomic mass is 32.2. The zero-order chi connectivity index (χ0) is 23.1. The van der Waals surface area contributed by atoms with Gasteiger partial charge in [0.15, 0.2) is 11.5 Å². The summed E-state index contributed by atoms with van der Waals surface area (Å²) in [5.74, 6) is 7.44. The van der Waals surface area contributed by atoms with Crippen LogP contribution in [-0.4, -0.2) is 47.0 Å². The molecule has 1 heterocycles. The number of hydrogen-bond donors (Lipinski definition) is 3. The van der Waals surface area contributed by atoms with Crippen LogP contribution in [0.15, 0.2) is 46.7 Å². The quantitative estimate of drug-likeness (QED) is 0.194. The zero-order valence-electron chi connectivity index (χ0n) is 18.2. The van der Waals surface area contributed by atoms with Crippen LogP contribution in [0.25, 0.3) is 0 Å². The van der Waals surface area contributed by atoms with Crippen molar-refractivity contribution in [1.82, 2.24) is 14.9 Å². The topological polar surface area (TPSA) is 129 Å². The summed E-state index contributed by atoms with van der Waals surface area (Å²) in [6.07, 6.45) is 1.58. The Morgan fingerprint density at radius 2 is 1.91 bits per heavy atom. The van der Waals surface area contributed by atoms with Crippen molar-refractivity contribution in [1.29, 1.82) is 0 Å². The van der Waals surface area contributed by atoms with Crippen molar-refractivity contribution < 1.29 is 14.3 Å². The number of nitrogens with two attached hydrogens (primary N) is 1. The molecule has 3 rings (SSSR count). The molecule has 11 heteroatoms. The lowest BCUT2D eigenvalue weighted by Crippen LogP contribution is -2.17. The average molecular weight is 456 g/mol. The van der Waals surface area contributed by atoms with Crippen LogP contribution >= 0.6 is 11.8 Å². The summed E-state index contributed by atoms with van der Waals surface area (Å²) in [5.41, 5.74) is 6.55. The van der Waals surface area contributed by atoms with Crippen LogP contribution in [-0.2, 0) is 4.79 Å².